The lowest BCUT2D eigenvalue weighted by Gasteiger charge is -2.13. The first-order valence-corrected chi connectivity index (χ1v) is 12.0. The number of ether oxygens (including phenoxy) is 1. The lowest BCUT2D eigenvalue weighted by atomic mass is 10.1. The van der Waals surface area contributed by atoms with Gasteiger partial charge in [-0.2, -0.15) is 17.9 Å². The molecule has 0 saturated carbocycles. The zero-order valence-electron chi connectivity index (χ0n) is 21.3. The summed E-state index contributed by atoms with van der Waals surface area (Å²) in [4.78, 5) is 36.2. The van der Waals surface area contributed by atoms with Crippen LogP contribution in [0.15, 0.2) is 67.0 Å². The van der Waals surface area contributed by atoms with E-state index in [2.05, 4.69) is 4.57 Å². The van der Waals surface area contributed by atoms with Crippen LogP contribution in [0.2, 0.25) is 0 Å². The molecule has 3 heterocycles. The van der Waals surface area contributed by atoms with Crippen LogP contribution in [0.25, 0.3) is 11.0 Å². The molecule has 2 amide bonds. The monoisotopic (exact) mass is 556 g/mol. The number of hydrogen-bond donors (Lipinski definition) is 0. The number of carbonyl (C=O) groups is 3. The van der Waals surface area contributed by atoms with Crippen LogP contribution in [0, 0.1) is 5.21 Å². The average molecular weight is 556 g/mol. The van der Waals surface area contributed by atoms with Crippen molar-refractivity contribution in [2.75, 3.05) is 7.11 Å². The van der Waals surface area contributed by atoms with Gasteiger partial charge >= 0.3 is 6.18 Å². The van der Waals surface area contributed by atoms with Gasteiger partial charge in [0, 0.05) is 12.1 Å². The molecule has 0 radical (unpaired) electrons. The van der Waals surface area contributed by atoms with E-state index in [4.69, 9.17) is 14.6 Å². The maximum atomic E-state index is 13.1. The van der Waals surface area contributed by atoms with E-state index in [1.165, 1.54) is 17.3 Å². The number of imidazole rings is 1. The molecular weight excluding hydrogens is 533 g/mol. The van der Waals surface area contributed by atoms with E-state index >= 15 is 0 Å². The molecule has 0 N–H and O–H groups in total. The van der Waals surface area contributed by atoms with Crippen LogP contribution in [0.3, 0.4) is 0 Å². The first kappa shape index (κ1) is 28.1. The van der Waals surface area contributed by atoms with Crippen LogP contribution >= 0.6 is 0 Å². The van der Waals surface area contributed by atoms with Crippen molar-refractivity contribution in [1.82, 2.24) is 9.47 Å². The van der Waals surface area contributed by atoms with E-state index in [1.54, 1.807) is 37.4 Å². The lowest BCUT2D eigenvalue weighted by molar-refractivity contribution is -0.677. The topological polar surface area (TPSA) is 122 Å². The molecule has 0 atom stereocenters. The first-order chi connectivity index (χ1) is 19.0. The van der Waals surface area contributed by atoms with Crippen molar-refractivity contribution < 1.29 is 46.7 Å². The maximum absolute atomic E-state index is 13.1. The molecule has 1 aliphatic heterocycles. The van der Waals surface area contributed by atoms with Crippen LogP contribution in [0.1, 0.15) is 39.0 Å². The number of rotatable bonds is 6. The van der Waals surface area contributed by atoms with Crippen LogP contribution in [-0.2, 0) is 24.4 Å². The highest BCUT2D eigenvalue weighted by Gasteiger charge is 2.38. The molecule has 208 valence electrons. The number of imide groups is 1. The Morgan fingerprint density at radius 2 is 1.62 bits per heavy atom. The quantitative estimate of drug-likeness (QED) is 0.203. The van der Waals surface area contributed by atoms with Crippen molar-refractivity contribution >= 4 is 28.8 Å². The fourth-order valence-corrected chi connectivity index (χ4v) is 4.50. The Labute approximate surface area is 225 Å². The number of halogens is 3. The highest BCUT2D eigenvalue weighted by atomic mass is 19.4. The van der Waals surface area contributed by atoms with Gasteiger partial charge in [-0.15, -0.1) is 0 Å². The van der Waals surface area contributed by atoms with Gasteiger partial charge in [-0.1, -0.05) is 12.1 Å². The minimum atomic E-state index is -5.19. The SMILES string of the molecule is CC[n+]1c(CN2C(=O)c3ccccc3C2=O)n(Cc2ccc[n+]([O-])c2)c2cc(OC)ccc21.O=C([O-])C(F)(F)F. The number of amides is 2. The van der Waals surface area contributed by atoms with Crippen LogP contribution in [0.4, 0.5) is 13.2 Å². The smallest absolute Gasteiger partial charge is 0.430 e. The third kappa shape index (κ3) is 5.44. The molecule has 0 aliphatic carbocycles. The second-order valence-electron chi connectivity index (χ2n) is 8.70. The molecule has 5 rings (SSSR count). The molecule has 2 aromatic carbocycles. The Kier molecular flexibility index (Phi) is 7.75. The number of aryl methyl sites for hydroxylation is 1. The summed E-state index contributed by atoms with van der Waals surface area (Å²) in [6, 6.07) is 16.3. The number of alkyl halides is 3. The molecule has 0 fully saturated rings. The third-order valence-electron chi connectivity index (χ3n) is 6.29. The molecule has 0 bridgehead atoms. The number of aromatic nitrogens is 3. The van der Waals surface area contributed by atoms with Crippen molar-refractivity contribution in [3.05, 3.63) is 94.7 Å². The molecule has 0 unspecified atom stereocenters. The normalized spacial score (nSPS) is 12.8. The number of fused-ring (bicyclic) bond motifs is 2. The summed E-state index contributed by atoms with van der Waals surface area (Å²) in [7, 11) is 1.61. The van der Waals surface area contributed by atoms with E-state index in [0.717, 1.165) is 27.2 Å². The molecule has 4 aromatic rings. The number of pyridine rings is 1. The van der Waals surface area contributed by atoms with E-state index in [9.17, 15) is 28.0 Å². The van der Waals surface area contributed by atoms with E-state index in [1.807, 2.05) is 35.8 Å². The van der Waals surface area contributed by atoms with Crippen molar-refractivity contribution in [2.45, 2.75) is 32.7 Å². The zero-order valence-corrected chi connectivity index (χ0v) is 21.3. The van der Waals surface area contributed by atoms with E-state index in [-0.39, 0.29) is 18.4 Å². The summed E-state index contributed by atoms with van der Waals surface area (Å²) in [5, 5.41) is 20.7. The molecule has 2 aromatic heterocycles. The number of carboxylic acids is 1. The maximum Gasteiger partial charge on any atom is 0.430 e. The second kappa shape index (κ2) is 11.0. The van der Waals surface area contributed by atoms with E-state index < -0.39 is 12.1 Å². The highest BCUT2D eigenvalue weighted by Crippen LogP contribution is 2.27. The summed E-state index contributed by atoms with van der Waals surface area (Å²) in [5.41, 5.74) is 3.50. The standard InChI is InChI=1S/C25H23N4O4.C2HF3O2/c1-3-27-21-11-10-18(33-2)13-22(21)28(15-17-7-6-12-26(32)14-17)23(27)16-29-24(30)19-8-4-5-9-20(19)25(29)31;3-2(4,5)1(6)7/h4-14H,3,15-16H2,1-2H3;(H,6,7)/q+1;/p-1. The minimum Gasteiger partial charge on any atom is -0.619 e. The number of methoxy groups -OCH3 is 1. The number of carboxylic acid groups (broad SMARTS) is 1. The Morgan fingerprint density at radius 3 is 2.15 bits per heavy atom. The van der Waals surface area contributed by atoms with Gasteiger partial charge in [-0.05, 0) is 37.3 Å². The van der Waals surface area contributed by atoms with E-state index in [0.29, 0.717) is 30.0 Å². The predicted octanol–water partition coefficient (Wildman–Crippen LogP) is 1.73. The van der Waals surface area contributed by atoms with Gasteiger partial charge in [0.25, 0.3) is 17.6 Å². The Morgan fingerprint density at radius 1 is 1.00 bits per heavy atom. The third-order valence-corrected chi connectivity index (χ3v) is 6.29. The van der Waals surface area contributed by atoms with Gasteiger partial charge < -0.3 is 19.8 Å². The fraction of sp³-hybridized carbons (Fsp3) is 0.222. The molecule has 13 heteroatoms. The molecule has 0 spiro atoms. The number of carbonyl (C=O) groups excluding carboxylic acids is 3. The van der Waals surface area contributed by atoms with Crippen LogP contribution in [-0.4, -0.2) is 40.5 Å². The molecular formula is C27H23F3N4O6. The lowest BCUT2D eigenvalue weighted by Crippen LogP contribution is -2.42. The number of aliphatic carboxylic acids is 1. The molecule has 1 aliphatic rings. The zero-order chi connectivity index (χ0) is 29.2. The second-order valence-corrected chi connectivity index (χ2v) is 8.70. The Hall–Kier alpha value is -4.94. The highest BCUT2D eigenvalue weighted by molar-refractivity contribution is 6.21. The summed E-state index contributed by atoms with van der Waals surface area (Å²) < 4.78 is 41.9. The van der Waals surface area contributed by atoms with Gasteiger partial charge in [0.2, 0.25) is 0 Å². The van der Waals surface area contributed by atoms with Crippen LogP contribution < -0.4 is 19.1 Å². The number of nitrogens with zero attached hydrogens (tertiary/aromatic N) is 4. The van der Waals surface area contributed by atoms with Crippen molar-refractivity contribution in [3.8, 4) is 5.75 Å². The predicted molar refractivity (Wildman–Crippen MR) is 131 cm³/mol. The van der Waals surface area contributed by atoms with Crippen molar-refractivity contribution in [1.29, 1.82) is 0 Å². The number of hydrogen-bond acceptors (Lipinski definition) is 6. The van der Waals surface area contributed by atoms with Gasteiger partial charge in [-0.3, -0.25) is 14.5 Å². The fourth-order valence-electron chi connectivity index (χ4n) is 4.50. The molecule has 10 nitrogen and oxygen atoms in total. The Balaban J connectivity index is 0.000000470. The van der Waals surface area contributed by atoms with Gasteiger partial charge in [0.15, 0.2) is 23.4 Å². The Bertz CT molecular complexity index is 1580. The summed E-state index contributed by atoms with van der Waals surface area (Å²) >= 11 is 0. The first-order valence-electron chi connectivity index (χ1n) is 12.0. The van der Waals surface area contributed by atoms with Gasteiger partial charge in [0.1, 0.15) is 24.8 Å². The van der Waals surface area contributed by atoms with Gasteiger partial charge in [-0.25, -0.2) is 9.13 Å². The van der Waals surface area contributed by atoms with Crippen molar-refractivity contribution in [2.24, 2.45) is 0 Å². The summed E-state index contributed by atoms with van der Waals surface area (Å²) in [6.07, 6.45) is -2.24. The minimum absolute atomic E-state index is 0.112. The summed E-state index contributed by atoms with van der Waals surface area (Å²) in [5.74, 6) is -2.12. The van der Waals surface area contributed by atoms with Crippen LogP contribution in [0.5, 0.6) is 5.75 Å². The largest absolute Gasteiger partial charge is 0.619 e. The molecule has 40 heavy (non-hydrogen) atoms. The average Bonchev–Trinajstić information content (AvgIpc) is 3.34. The molecule has 0 saturated heterocycles. The van der Waals surface area contributed by atoms with Gasteiger partial charge in [0.05, 0.1) is 30.3 Å². The van der Waals surface area contributed by atoms with Crippen molar-refractivity contribution in [3.63, 3.8) is 0 Å². The number of benzene rings is 2. The summed E-state index contributed by atoms with van der Waals surface area (Å²) in [6.45, 7) is 3.18.